The van der Waals surface area contributed by atoms with E-state index in [4.69, 9.17) is 5.73 Å². The Balaban J connectivity index is 2.19. The van der Waals surface area contributed by atoms with Crippen molar-refractivity contribution in [2.75, 3.05) is 17.7 Å². The Morgan fingerprint density at radius 2 is 2.39 bits per heavy atom. The summed E-state index contributed by atoms with van der Waals surface area (Å²) in [4.78, 5) is 4.34. The van der Waals surface area contributed by atoms with Crippen molar-refractivity contribution in [1.29, 1.82) is 0 Å². The number of anilines is 2. The van der Waals surface area contributed by atoms with E-state index in [2.05, 4.69) is 17.2 Å². The van der Waals surface area contributed by atoms with Crippen LogP contribution in [0.3, 0.4) is 0 Å². The van der Waals surface area contributed by atoms with Crippen molar-refractivity contribution in [2.45, 2.75) is 45.1 Å². The molecule has 0 spiro atoms. The average molecular weight is 249 g/mol. The van der Waals surface area contributed by atoms with Crippen LogP contribution in [0.4, 0.5) is 11.5 Å². The van der Waals surface area contributed by atoms with Gasteiger partial charge in [-0.25, -0.2) is 4.98 Å². The first-order valence-corrected chi connectivity index (χ1v) is 6.66. The zero-order valence-corrected chi connectivity index (χ0v) is 11.2. The Morgan fingerprint density at radius 3 is 3.00 bits per heavy atom. The van der Waals surface area contributed by atoms with E-state index in [1.807, 2.05) is 13.0 Å². The van der Waals surface area contributed by atoms with Gasteiger partial charge in [-0.3, -0.25) is 0 Å². The molecule has 2 rings (SSSR count). The number of nitrogens with two attached hydrogens (primary N) is 1. The maximum atomic E-state index is 9.74. The van der Waals surface area contributed by atoms with E-state index in [0.717, 1.165) is 24.8 Å². The molecule has 1 aliphatic carbocycles. The van der Waals surface area contributed by atoms with Gasteiger partial charge in [-0.1, -0.05) is 19.8 Å². The summed E-state index contributed by atoms with van der Waals surface area (Å²) in [6.45, 7) is 4.33. The summed E-state index contributed by atoms with van der Waals surface area (Å²) < 4.78 is 0. The quantitative estimate of drug-likeness (QED) is 0.769. The van der Waals surface area contributed by atoms with Gasteiger partial charge < -0.3 is 16.2 Å². The molecule has 4 heteroatoms. The van der Waals surface area contributed by atoms with Crippen LogP contribution < -0.4 is 11.1 Å². The Bertz CT molecular complexity index is 422. The first-order chi connectivity index (χ1) is 8.54. The van der Waals surface area contributed by atoms with Gasteiger partial charge in [0, 0.05) is 6.20 Å². The molecule has 4 nitrogen and oxygen atoms in total. The number of nitrogens with one attached hydrogen (secondary N) is 1. The number of nitrogen functional groups attached to an aromatic ring is 1. The minimum Gasteiger partial charge on any atom is -0.396 e. The molecule has 1 fully saturated rings. The van der Waals surface area contributed by atoms with Gasteiger partial charge in [0.2, 0.25) is 0 Å². The molecular formula is C14H23N3O. The Hall–Kier alpha value is -1.29. The van der Waals surface area contributed by atoms with Crippen molar-refractivity contribution in [3.05, 3.63) is 17.8 Å². The molecule has 100 valence electrons. The number of hydrogen-bond acceptors (Lipinski definition) is 4. The highest BCUT2D eigenvalue weighted by Crippen LogP contribution is 2.35. The highest BCUT2D eigenvalue weighted by atomic mass is 16.3. The normalized spacial score (nSPS) is 28.1. The van der Waals surface area contributed by atoms with Crippen LogP contribution in [-0.2, 0) is 0 Å². The third-order valence-electron chi connectivity index (χ3n) is 3.83. The lowest BCUT2D eigenvalue weighted by atomic mass is 9.77. The Morgan fingerprint density at radius 1 is 1.61 bits per heavy atom. The van der Waals surface area contributed by atoms with Gasteiger partial charge in [-0.05, 0) is 37.3 Å². The Kier molecular flexibility index (Phi) is 3.76. The minimum absolute atomic E-state index is 0.131. The van der Waals surface area contributed by atoms with Crippen molar-refractivity contribution >= 4 is 11.5 Å². The van der Waals surface area contributed by atoms with Crippen molar-refractivity contribution in [2.24, 2.45) is 5.92 Å². The van der Waals surface area contributed by atoms with Gasteiger partial charge in [0.25, 0.3) is 0 Å². The number of aliphatic hydroxyl groups excluding tert-OH is 1. The average Bonchev–Trinajstić information content (AvgIpc) is 2.33. The number of aromatic nitrogens is 1. The van der Waals surface area contributed by atoms with Gasteiger partial charge in [0.1, 0.15) is 5.82 Å². The first kappa shape index (κ1) is 13.1. The second-order valence-electron chi connectivity index (χ2n) is 5.72. The zero-order chi connectivity index (χ0) is 13.2. The molecule has 2 unspecified atom stereocenters. The second-order valence-corrected chi connectivity index (χ2v) is 5.72. The zero-order valence-electron chi connectivity index (χ0n) is 11.2. The number of hydrogen-bond donors (Lipinski definition) is 3. The molecule has 1 saturated carbocycles. The van der Waals surface area contributed by atoms with Gasteiger partial charge in [-0.15, -0.1) is 0 Å². The monoisotopic (exact) mass is 249 g/mol. The summed E-state index contributed by atoms with van der Waals surface area (Å²) >= 11 is 0. The van der Waals surface area contributed by atoms with Gasteiger partial charge in [0.15, 0.2) is 0 Å². The molecule has 1 aromatic heterocycles. The molecule has 0 saturated heterocycles. The Labute approximate surface area is 109 Å². The van der Waals surface area contributed by atoms with E-state index in [0.29, 0.717) is 17.4 Å². The predicted octanol–water partition coefficient (Wildman–Crippen LogP) is 2.33. The summed E-state index contributed by atoms with van der Waals surface area (Å²) in [7, 11) is 0. The summed E-state index contributed by atoms with van der Waals surface area (Å²) in [5.74, 6) is 1.33. The highest BCUT2D eigenvalue weighted by Gasteiger charge is 2.34. The lowest BCUT2D eigenvalue weighted by Crippen LogP contribution is -2.46. The maximum absolute atomic E-state index is 9.74. The highest BCUT2D eigenvalue weighted by molar-refractivity contribution is 5.62. The van der Waals surface area contributed by atoms with Gasteiger partial charge >= 0.3 is 0 Å². The SMILES string of the molecule is Cc1cnc(NC2(CO)CCCC(C)C2)c(N)c1. The molecule has 0 aliphatic heterocycles. The number of rotatable bonds is 3. The summed E-state index contributed by atoms with van der Waals surface area (Å²) in [5, 5.41) is 13.1. The largest absolute Gasteiger partial charge is 0.396 e. The van der Waals surface area contributed by atoms with Crippen LogP contribution in [0.25, 0.3) is 0 Å². The van der Waals surface area contributed by atoms with Crippen LogP contribution in [0.2, 0.25) is 0 Å². The number of aryl methyl sites for hydroxylation is 1. The standard InChI is InChI=1S/C14H23N3O/c1-10-4-3-5-14(7-10,9-18)17-13-12(15)6-11(2)8-16-13/h6,8,10,18H,3-5,7,9,15H2,1-2H3,(H,16,17). The minimum atomic E-state index is -0.256. The van der Waals surface area contributed by atoms with E-state index in [9.17, 15) is 5.11 Å². The first-order valence-electron chi connectivity index (χ1n) is 6.66. The van der Waals surface area contributed by atoms with Crippen LogP contribution in [-0.4, -0.2) is 22.2 Å². The van der Waals surface area contributed by atoms with Gasteiger partial charge in [-0.2, -0.15) is 0 Å². The van der Waals surface area contributed by atoms with Crippen LogP contribution in [0.5, 0.6) is 0 Å². The van der Waals surface area contributed by atoms with Crippen molar-refractivity contribution < 1.29 is 5.11 Å². The van der Waals surface area contributed by atoms with Crippen molar-refractivity contribution in [1.82, 2.24) is 4.98 Å². The molecule has 0 radical (unpaired) electrons. The van der Waals surface area contributed by atoms with Crippen LogP contribution in [0, 0.1) is 12.8 Å². The summed E-state index contributed by atoms with van der Waals surface area (Å²) in [6, 6.07) is 1.91. The summed E-state index contributed by atoms with van der Waals surface area (Å²) in [6.07, 6.45) is 6.12. The molecule has 0 amide bonds. The fourth-order valence-corrected chi connectivity index (χ4v) is 2.90. The van der Waals surface area contributed by atoms with Gasteiger partial charge in [0.05, 0.1) is 17.8 Å². The lowest BCUT2D eigenvalue weighted by Gasteiger charge is -2.40. The smallest absolute Gasteiger partial charge is 0.149 e. The number of pyridine rings is 1. The molecule has 0 bridgehead atoms. The predicted molar refractivity (Wildman–Crippen MR) is 74.5 cm³/mol. The van der Waals surface area contributed by atoms with E-state index in [1.165, 1.54) is 6.42 Å². The van der Waals surface area contributed by atoms with Crippen LogP contribution >= 0.6 is 0 Å². The third-order valence-corrected chi connectivity index (χ3v) is 3.83. The topological polar surface area (TPSA) is 71.2 Å². The fourth-order valence-electron chi connectivity index (χ4n) is 2.90. The number of aliphatic hydroxyl groups is 1. The van der Waals surface area contributed by atoms with Crippen LogP contribution in [0.1, 0.15) is 38.2 Å². The fraction of sp³-hybridized carbons (Fsp3) is 0.643. The molecule has 1 aromatic rings. The van der Waals surface area contributed by atoms with E-state index >= 15 is 0 Å². The molecule has 1 aliphatic rings. The molecule has 4 N–H and O–H groups in total. The molecule has 1 heterocycles. The molecule has 2 atom stereocenters. The molecule has 18 heavy (non-hydrogen) atoms. The van der Waals surface area contributed by atoms with E-state index < -0.39 is 0 Å². The van der Waals surface area contributed by atoms with E-state index in [1.54, 1.807) is 6.20 Å². The maximum Gasteiger partial charge on any atom is 0.149 e. The second kappa shape index (κ2) is 5.14. The molecule has 0 aromatic carbocycles. The van der Waals surface area contributed by atoms with Crippen molar-refractivity contribution in [3.8, 4) is 0 Å². The van der Waals surface area contributed by atoms with Crippen LogP contribution in [0.15, 0.2) is 12.3 Å². The van der Waals surface area contributed by atoms with E-state index in [-0.39, 0.29) is 12.1 Å². The third kappa shape index (κ3) is 2.75. The van der Waals surface area contributed by atoms with Crippen molar-refractivity contribution in [3.63, 3.8) is 0 Å². The number of nitrogens with zero attached hydrogens (tertiary/aromatic N) is 1. The summed E-state index contributed by atoms with van der Waals surface area (Å²) in [5.41, 5.74) is 7.43. The lowest BCUT2D eigenvalue weighted by molar-refractivity contribution is 0.149. The molecular weight excluding hydrogens is 226 g/mol.